The van der Waals surface area contributed by atoms with E-state index in [9.17, 15) is 0 Å². The first-order chi connectivity index (χ1) is 10.0. The zero-order valence-electron chi connectivity index (χ0n) is 14.4. The van der Waals surface area contributed by atoms with Crippen molar-refractivity contribution in [1.82, 2.24) is 5.32 Å². The molecule has 0 fully saturated rings. The van der Waals surface area contributed by atoms with Gasteiger partial charge in [-0.05, 0) is 42.0 Å². The van der Waals surface area contributed by atoms with E-state index in [1.807, 2.05) is 6.07 Å². The molecule has 1 N–H and O–H groups in total. The van der Waals surface area contributed by atoms with Gasteiger partial charge in [-0.1, -0.05) is 40.2 Å². The Bertz CT molecular complexity index is 418. The summed E-state index contributed by atoms with van der Waals surface area (Å²) < 4.78 is 10.8. The predicted molar refractivity (Wildman–Crippen MR) is 89.4 cm³/mol. The predicted octanol–water partition coefficient (Wildman–Crippen LogP) is 4.08. The largest absolute Gasteiger partial charge is 0.493 e. The van der Waals surface area contributed by atoms with E-state index in [1.165, 1.54) is 12.0 Å². The van der Waals surface area contributed by atoms with Crippen molar-refractivity contribution in [2.24, 2.45) is 11.8 Å². The summed E-state index contributed by atoms with van der Waals surface area (Å²) in [6.07, 6.45) is 1.17. The molecule has 0 heterocycles. The van der Waals surface area contributed by atoms with Crippen molar-refractivity contribution in [3.05, 3.63) is 23.8 Å². The number of benzene rings is 1. The minimum Gasteiger partial charge on any atom is -0.493 e. The van der Waals surface area contributed by atoms with Crippen LogP contribution in [0.5, 0.6) is 11.5 Å². The molecule has 2 unspecified atom stereocenters. The van der Waals surface area contributed by atoms with E-state index in [0.717, 1.165) is 24.6 Å². The van der Waals surface area contributed by atoms with Gasteiger partial charge in [-0.15, -0.1) is 0 Å². The number of hydrogen-bond acceptors (Lipinski definition) is 3. The van der Waals surface area contributed by atoms with Crippen LogP contribution in [-0.4, -0.2) is 27.3 Å². The van der Waals surface area contributed by atoms with Crippen molar-refractivity contribution < 1.29 is 9.47 Å². The molecule has 0 aliphatic heterocycles. The SMILES string of the molecule is CCC(C)C(CNCC(C)C)c1ccc(OC)c(OC)c1. The van der Waals surface area contributed by atoms with Crippen LogP contribution in [-0.2, 0) is 0 Å². The van der Waals surface area contributed by atoms with Gasteiger partial charge in [-0.25, -0.2) is 0 Å². The highest BCUT2D eigenvalue weighted by atomic mass is 16.5. The topological polar surface area (TPSA) is 30.5 Å². The number of methoxy groups -OCH3 is 2. The summed E-state index contributed by atoms with van der Waals surface area (Å²) in [5, 5.41) is 3.59. The third-order valence-corrected chi connectivity index (χ3v) is 4.08. The van der Waals surface area contributed by atoms with Gasteiger partial charge >= 0.3 is 0 Å². The van der Waals surface area contributed by atoms with E-state index in [0.29, 0.717) is 17.8 Å². The average Bonchev–Trinajstić information content (AvgIpc) is 2.50. The van der Waals surface area contributed by atoms with E-state index in [2.05, 4.69) is 45.1 Å². The maximum atomic E-state index is 5.44. The quantitative estimate of drug-likeness (QED) is 0.744. The Balaban J connectivity index is 2.91. The van der Waals surface area contributed by atoms with E-state index in [4.69, 9.17) is 9.47 Å². The highest BCUT2D eigenvalue weighted by Crippen LogP contribution is 2.34. The smallest absolute Gasteiger partial charge is 0.160 e. The highest BCUT2D eigenvalue weighted by Gasteiger charge is 2.19. The third kappa shape index (κ3) is 5.24. The summed E-state index contributed by atoms with van der Waals surface area (Å²) >= 11 is 0. The van der Waals surface area contributed by atoms with Crippen LogP contribution in [0, 0.1) is 11.8 Å². The van der Waals surface area contributed by atoms with Crippen LogP contribution in [0.2, 0.25) is 0 Å². The molecule has 2 atom stereocenters. The van der Waals surface area contributed by atoms with Gasteiger partial charge in [-0.3, -0.25) is 0 Å². The Labute approximate surface area is 130 Å². The number of hydrogen-bond donors (Lipinski definition) is 1. The summed E-state index contributed by atoms with van der Waals surface area (Å²) in [5.74, 6) is 3.40. The van der Waals surface area contributed by atoms with Gasteiger partial charge in [0.1, 0.15) is 0 Å². The second kappa shape index (κ2) is 8.93. The summed E-state index contributed by atoms with van der Waals surface area (Å²) in [4.78, 5) is 0. The van der Waals surface area contributed by atoms with Crippen LogP contribution in [0.25, 0.3) is 0 Å². The fourth-order valence-electron chi connectivity index (χ4n) is 2.54. The van der Waals surface area contributed by atoms with Crippen molar-refractivity contribution in [3.8, 4) is 11.5 Å². The molecule has 21 heavy (non-hydrogen) atoms. The van der Waals surface area contributed by atoms with Crippen LogP contribution in [0.1, 0.15) is 45.6 Å². The lowest BCUT2D eigenvalue weighted by Gasteiger charge is -2.25. The molecule has 0 bridgehead atoms. The molecule has 0 spiro atoms. The first-order valence-electron chi connectivity index (χ1n) is 7.96. The van der Waals surface area contributed by atoms with Gasteiger partial charge in [0, 0.05) is 6.54 Å². The zero-order valence-corrected chi connectivity index (χ0v) is 14.4. The maximum absolute atomic E-state index is 5.44. The maximum Gasteiger partial charge on any atom is 0.160 e. The van der Waals surface area contributed by atoms with Gasteiger partial charge < -0.3 is 14.8 Å². The molecule has 0 aliphatic carbocycles. The van der Waals surface area contributed by atoms with E-state index < -0.39 is 0 Å². The monoisotopic (exact) mass is 293 g/mol. The molecule has 3 nitrogen and oxygen atoms in total. The lowest BCUT2D eigenvalue weighted by Crippen LogP contribution is -2.28. The average molecular weight is 293 g/mol. The van der Waals surface area contributed by atoms with Gasteiger partial charge in [0.05, 0.1) is 14.2 Å². The van der Waals surface area contributed by atoms with Crippen molar-refractivity contribution in [3.63, 3.8) is 0 Å². The summed E-state index contributed by atoms with van der Waals surface area (Å²) in [6, 6.07) is 6.29. The standard InChI is InChI=1S/C18H31NO2/c1-7-14(4)16(12-19-11-13(2)3)15-8-9-17(20-5)18(10-15)21-6/h8-10,13-14,16,19H,7,11-12H2,1-6H3. The molecule has 0 amide bonds. The van der Waals surface area contributed by atoms with Crippen molar-refractivity contribution >= 4 is 0 Å². The van der Waals surface area contributed by atoms with Crippen LogP contribution < -0.4 is 14.8 Å². The van der Waals surface area contributed by atoms with Gasteiger partial charge in [0.25, 0.3) is 0 Å². The van der Waals surface area contributed by atoms with Gasteiger partial charge in [-0.2, -0.15) is 0 Å². The Hall–Kier alpha value is -1.22. The fraction of sp³-hybridized carbons (Fsp3) is 0.667. The lowest BCUT2D eigenvalue weighted by molar-refractivity contribution is 0.352. The Morgan fingerprint density at radius 1 is 1.00 bits per heavy atom. The van der Waals surface area contributed by atoms with E-state index in [-0.39, 0.29) is 0 Å². The Kier molecular flexibility index (Phi) is 7.58. The molecule has 1 aromatic rings. The molecule has 0 saturated heterocycles. The molecule has 120 valence electrons. The molecule has 3 heteroatoms. The minimum absolute atomic E-state index is 0.494. The zero-order chi connectivity index (χ0) is 15.8. The van der Waals surface area contributed by atoms with Crippen LogP contribution >= 0.6 is 0 Å². The first-order valence-corrected chi connectivity index (χ1v) is 7.96. The van der Waals surface area contributed by atoms with Gasteiger partial charge in [0.15, 0.2) is 11.5 Å². The molecule has 1 aromatic carbocycles. The molecular weight excluding hydrogens is 262 g/mol. The second-order valence-corrected chi connectivity index (χ2v) is 6.16. The Morgan fingerprint density at radius 3 is 2.19 bits per heavy atom. The second-order valence-electron chi connectivity index (χ2n) is 6.16. The fourth-order valence-corrected chi connectivity index (χ4v) is 2.54. The summed E-state index contributed by atoms with van der Waals surface area (Å²) in [7, 11) is 3.37. The molecule has 0 aromatic heterocycles. The van der Waals surface area contributed by atoms with Crippen molar-refractivity contribution in [2.75, 3.05) is 27.3 Å². The van der Waals surface area contributed by atoms with Crippen LogP contribution in [0.4, 0.5) is 0 Å². The van der Waals surface area contributed by atoms with Crippen LogP contribution in [0.15, 0.2) is 18.2 Å². The molecule has 1 rings (SSSR count). The molecule has 0 saturated carbocycles. The van der Waals surface area contributed by atoms with E-state index in [1.54, 1.807) is 14.2 Å². The van der Waals surface area contributed by atoms with Crippen molar-refractivity contribution in [1.29, 1.82) is 0 Å². The van der Waals surface area contributed by atoms with Crippen molar-refractivity contribution in [2.45, 2.75) is 40.0 Å². The Morgan fingerprint density at radius 2 is 1.67 bits per heavy atom. The van der Waals surface area contributed by atoms with Crippen LogP contribution in [0.3, 0.4) is 0 Å². The molecule has 0 radical (unpaired) electrons. The van der Waals surface area contributed by atoms with E-state index >= 15 is 0 Å². The summed E-state index contributed by atoms with van der Waals surface area (Å²) in [5.41, 5.74) is 1.32. The highest BCUT2D eigenvalue weighted by molar-refractivity contribution is 5.44. The minimum atomic E-state index is 0.494. The number of nitrogens with one attached hydrogen (secondary N) is 1. The lowest BCUT2D eigenvalue weighted by atomic mass is 9.85. The molecular formula is C18H31NO2. The third-order valence-electron chi connectivity index (χ3n) is 4.08. The number of ether oxygens (including phenoxy) is 2. The first kappa shape index (κ1) is 17.8. The number of rotatable bonds is 9. The summed E-state index contributed by atoms with van der Waals surface area (Å²) in [6.45, 7) is 11.1. The normalized spacial score (nSPS) is 14.0. The molecule has 0 aliphatic rings. The van der Waals surface area contributed by atoms with Gasteiger partial charge in [0.2, 0.25) is 0 Å².